The van der Waals surface area contributed by atoms with E-state index in [0.717, 1.165) is 25.2 Å². The molecule has 1 aromatic rings. The van der Waals surface area contributed by atoms with Gasteiger partial charge in [0.1, 0.15) is 0 Å². The zero-order chi connectivity index (χ0) is 14.5. The highest BCUT2D eigenvalue weighted by molar-refractivity contribution is 5.92. The molecular formula is C15H25N3O. The highest BCUT2D eigenvalue weighted by Gasteiger charge is 2.17. The minimum atomic E-state index is -0.383. The van der Waals surface area contributed by atoms with Crippen LogP contribution in [-0.2, 0) is 6.54 Å². The van der Waals surface area contributed by atoms with Gasteiger partial charge in [0.15, 0.2) is 0 Å². The largest absolute Gasteiger partial charge is 0.366 e. The highest BCUT2D eigenvalue weighted by atomic mass is 16.1. The lowest BCUT2D eigenvalue weighted by Gasteiger charge is -2.28. The Balaban J connectivity index is 2.42. The van der Waals surface area contributed by atoms with Gasteiger partial charge in [-0.05, 0) is 37.2 Å². The zero-order valence-corrected chi connectivity index (χ0v) is 12.4. The zero-order valence-electron chi connectivity index (χ0n) is 12.4. The Morgan fingerprint density at radius 3 is 2.32 bits per heavy atom. The molecule has 4 nitrogen and oxygen atoms in total. The molecule has 0 fully saturated rings. The van der Waals surface area contributed by atoms with Gasteiger partial charge >= 0.3 is 0 Å². The van der Waals surface area contributed by atoms with Crippen molar-refractivity contribution in [3.05, 3.63) is 35.4 Å². The van der Waals surface area contributed by atoms with E-state index in [1.54, 1.807) is 12.1 Å². The van der Waals surface area contributed by atoms with Crippen LogP contribution >= 0.6 is 0 Å². The number of carbonyl (C=O) groups is 1. The molecule has 4 heteroatoms. The third kappa shape index (κ3) is 5.85. The van der Waals surface area contributed by atoms with E-state index >= 15 is 0 Å². The number of primary amides is 1. The van der Waals surface area contributed by atoms with Crippen LogP contribution in [0.1, 0.15) is 29.8 Å². The van der Waals surface area contributed by atoms with Crippen molar-refractivity contribution in [3.8, 4) is 0 Å². The Bertz CT molecular complexity index is 410. The normalized spacial score (nSPS) is 11.8. The van der Waals surface area contributed by atoms with Crippen molar-refractivity contribution in [2.45, 2.75) is 20.4 Å². The van der Waals surface area contributed by atoms with Gasteiger partial charge in [0, 0.05) is 25.2 Å². The number of carbonyl (C=O) groups excluding carboxylic acids is 1. The van der Waals surface area contributed by atoms with Crippen molar-refractivity contribution in [1.29, 1.82) is 0 Å². The summed E-state index contributed by atoms with van der Waals surface area (Å²) in [7, 11) is 4.18. The molecule has 0 spiro atoms. The summed E-state index contributed by atoms with van der Waals surface area (Å²) in [6.45, 7) is 7.28. The van der Waals surface area contributed by atoms with Crippen LogP contribution in [0.25, 0.3) is 0 Å². The fourth-order valence-electron chi connectivity index (χ4n) is 2.24. The molecule has 0 radical (unpaired) electrons. The van der Waals surface area contributed by atoms with Gasteiger partial charge in [-0.3, -0.25) is 4.79 Å². The molecule has 0 atom stereocenters. The van der Waals surface area contributed by atoms with E-state index in [2.05, 4.69) is 38.2 Å². The van der Waals surface area contributed by atoms with Gasteiger partial charge in [0.2, 0.25) is 5.91 Å². The fourth-order valence-corrected chi connectivity index (χ4v) is 2.24. The number of hydrogen-bond donors (Lipinski definition) is 2. The van der Waals surface area contributed by atoms with Crippen molar-refractivity contribution in [1.82, 2.24) is 10.2 Å². The second-order valence-corrected chi connectivity index (χ2v) is 6.07. The summed E-state index contributed by atoms with van der Waals surface area (Å²) >= 11 is 0. The molecule has 1 amide bonds. The Hall–Kier alpha value is -1.39. The minimum absolute atomic E-state index is 0.233. The van der Waals surface area contributed by atoms with E-state index in [0.29, 0.717) is 5.56 Å². The van der Waals surface area contributed by atoms with E-state index in [9.17, 15) is 4.79 Å². The minimum Gasteiger partial charge on any atom is -0.366 e. The van der Waals surface area contributed by atoms with Gasteiger partial charge in [-0.1, -0.05) is 26.0 Å². The molecule has 0 saturated carbocycles. The second-order valence-electron chi connectivity index (χ2n) is 6.07. The van der Waals surface area contributed by atoms with Crippen LogP contribution in [0.2, 0.25) is 0 Å². The van der Waals surface area contributed by atoms with Gasteiger partial charge in [-0.25, -0.2) is 0 Å². The van der Waals surface area contributed by atoms with E-state index < -0.39 is 0 Å². The molecule has 0 aromatic heterocycles. The molecule has 0 aliphatic carbocycles. The smallest absolute Gasteiger partial charge is 0.248 e. The van der Waals surface area contributed by atoms with Crippen LogP contribution in [0, 0.1) is 5.41 Å². The van der Waals surface area contributed by atoms with Crippen LogP contribution in [0.5, 0.6) is 0 Å². The quantitative estimate of drug-likeness (QED) is 0.783. The maximum Gasteiger partial charge on any atom is 0.248 e. The van der Waals surface area contributed by atoms with Crippen molar-refractivity contribution >= 4 is 5.91 Å². The van der Waals surface area contributed by atoms with Gasteiger partial charge < -0.3 is 16.0 Å². The predicted molar refractivity (Wildman–Crippen MR) is 79.0 cm³/mol. The third-order valence-electron chi connectivity index (χ3n) is 2.92. The number of nitrogens with one attached hydrogen (secondary N) is 1. The number of amides is 1. The van der Waals surface area contributed by atoms with Crippen molar-refractivity contribution in [2.75, 3.05) is 27.2 Å². The molecule has 0 bridgehead atoms. The Kier molecular flexibility index (Phi) is 5.51. The van der Waals surface area contributed by atoms with Crippen LogP contribution in [-0.4, -0.2) is 38.0 Å². The SMILES string of the molecule is CN(C)CC(C)(C)CNCc1ccc(C(N)=O)cc1. The van der Waals surface area contributed by atoms with Gasteiger partial charge in [-0.2, -0.15) is 0 Å². The van der Waals surface area contributed by atoms with Crippen molar-refractivity contribution in [3.63, 3.8) is 0 Å². The molecule has 19 heavy (non-hydrogen) atoms. The first-order chi connectivity index (χ1) is 8.80. The van der Waals surface area contributed by atoms with Crippen LogP contribution in [0.4, 0.5) is 0 Å². The Morgan fingerprint density at radius 2 is 1.84 bits per heavy atom. The average Bonchev–Trinajstić information content (AvgIpc) is 2.27. The first-order valence-corrected chi connectivity index (χ1v) is 6.54. The number of benzene rings is 1. The second kappa shape index (κ2) is 6.68. The summed E-state index contributed by atoms with van der Waals surface area (Å²) in [5.41, 5.74) is 7.15. The molecule has 0 heterocycles. The maximum absolute atomic E-state index is 11.0. The molecule has 1 rings (SSSR count). The molecule has 0 aliphatic rings. The van der Waals surface area contributed by atoms with Gasteiger partial charge in [0.25, 0.3) is 0 Å². The summed E-state index contributed by atoms with van der Waals surface area (Å²) in [6, 6.07) is 7.41. The molecule has 0 aliphatic heterocycles. The predicted octanol–water partition coefficient (Wildman–Crippen LogP) is 1.46. The Labute approximate surface area is 116 Å². The molecular weight excluding hydrogens is 238 g/mol. The Morgan fingerprint density at radius 1 is 1.26 bits per heavy atom. The molecule has 0 saturated heterocycles. The van der Waals surface area contributed by atoms with Crippen LogP contribution in [0.3, 0.4) is 0 Å². The topological polar surface area (TPSA) is 58.4 Å². The van der Waals surface area contributed by atoms with Crippen molar-refractivity contribution in [2.24, 2.45) is 11.1 Å². The van der Waals surface area contributed by atoms with E-state index in [1.807, 2.05) is 12.1 Å². The summed E-state index contributed by atoms with van der Waals surface area (Å²) in [5, 5.41) is 3.45. The maximum atomic E-state index is 11.0. The lowest BCUT2D eigenvalue weighted by molar-refractivity contribution is 0.100. The number of nitrogens with two attached hydrogens (primary N) is 1. The average molecular weight is 263 g/mol. The van der Waals surface area contributed by atoms with Gasteiger partial charge in [-0.15, -0.1) is 0 Å². The number of nitrogens with zero attached hydrogens (tertiary/aromatic N) is 1. The summed E-state index contributed by atoms with van der Waals surface area (Å²) < 4.78 is 0. The molecule has 0 unspecified atom stereocenters. The van der Waals surface area contributed by atoms with E-state index in [4.69, 9.17) is 5.73 Å². The summed E-state index contributed by atoms with van der Waals surface area (Å²) in [6.07, 6.45) is 0. The highest BCUT2D eigenvalue weighted by Crippen LogP contribution is 2.14. The summed E-state index contributed by atoms with van der Waals surface area (Å²) in [4.78, 5) is 13.2. The van der Waals surface area contributed by atoms with Gasteiger partial charge in [0.05, 0.1) is 0 Å². The number of hydrogen-bond acceptors (Lipinski definition) is 3. The van der Waals surface area contributed by atoms with Crippen molar-refractivity contribution < 1.29 is 4.79 Å². The van der Waals surface area contributed by atoms with E-state index in [1.165, 1.54) is 0 Å². The third-order valence-corrected chi connectivity index (χ3v) is 2.92. The van der Waals surface area contributed by atoms with E-state index in [-0.39, 0.29) is 11.3 Å². The molecule has 3 N–H and O–H groups in total. The first kappa shape index (κ1) is 15.7. The van der Waals surface area contributed by atoms with Crippen LogP contribution < -0.4 is 11.1 Å². The fraction of sp³-hybridized carbons (Fsp3) is 0.533. The molecule has 106 valence electrons. The lowest BCUT2D eigenvalue weighted by Crippen LogP contribution is -2.37. The number of rotatable bonds is 7. The lowest BCUT2D eigenvalue weighted by atomic mass is 9.93. The first-order valence-electron chi connectivity index (χ1n) is 6.54. The standard InChI is InChI=1S/C15H25N3O/c1-15(2,11-18(3)4)10-17-9-12-5-7-13(8-6-12)14(16)19/h5-8,17H,9-11H2,1-4H3,(H2,16,19). The monoisotopic (exact) mass is 263 g/mol. The van der Waals surface area contributed by atoms with Crippen LogP contribution in [0.15, 0.2) is 24.3 Å². The summed E-state index contributed by atoms with van der Waals surface area (Å²) in [5.74, 6) is -0.383. The molecule has 1 aromatic carbocycles.